The first kappa shape index (κ1) is 32.8. The molecule has 0 radical (unpaired) electrons. The SMILES string of the molecule is CC(C)C[C@H](NC(=O)[C@H](CCc1ccccc1)NC(=O)CN1CCOCC1)C(=O)N(C)[C@@H](Cc1ccccc1)C(=O)O. The molecule has 228 valence electrons. The highest BCUT2D eigenvalue weighted by Gasteiger charge is 2.34. The van der Waals surface area contributed by atoms with Crippen molar-refractivity contribution in [3.8, 4) is 0 Å². The lowest BCUT2D eigenvalue weighted by Crippen LogP contribution is -2.57. The first-order valence-electron chi connectivity index (χ1n) is 14.6. The predicted octanol–water partition coefficient (Wildman–Crippen LogP) is 2.12. The number of hydrogen-bond acceptors (Lipinski definition) is 6. The summed E-state index contributed by atoms with van der Waals surface area (Å²) in [5.41, 5.74) is 1.82. The number of aryl methyl sites for hydroxylation is 1. The second-order valence-corrected chi connectivity index (χ2v) is 11.2. The first-order chi connectivity index (χ1) is 20.1. The van der Waals surface area contributed by atoms with Crippen molar-refractivity contribution in [1.82, 2.24) is 20.4 Å². The van der Waals surface area contributed by atoms with Gasteiger partial charge in [0.05, 0.1) is 19.8 Å². The molecule has 10 heteroatoms. The van der Waals surface area contributed by atoms with Crippen LogP contribution in [0.5, 0.6) is 0 Å². The lowest BCUT2D eigenvalue weighted by molar-refractivity contribution is -0.150. The van der Waals surface area contributed by atoms with Crippen molar-refractivity contribution in [2.45, 2.75) is 57.7 Å². The van der Waals surface area contributed by atoms with Gasteiger partial charge in [-0.05, 0) is 36.3 Å². The molecule has 10 nitrogen and oxygen atoms in total. The van der Waals surface area contributed by atoms with Crippen molar-refractivity contribution in [3.05, 3.63) is 71.8 Å². The van der Waals surface area contributed by atoms with Crippen molar-refractivity contribution in [3.63, 3.8) is 0 Å². The Morgan fingerprint density at radius 3 is 2.07 bits per heavy atom. The molecule has 42 heavy (non-hydrogen) atoms. The molecule has 1 aliphatic rings. The van der Waals surface area contributed by atoms with E-state index in [-0.39, 0.29) is 24.8 Å². The van der Waals surface area contributed by atoms with Gasteiger partial charge in [-0.25, -0.2) is 4.79 Å². The molecule has 2 aromatic carbocycles. The average molecular weight is 581 g/mol. The number of hydrogen-bond donors (Lipinski definition) is 3. The van der Waals surface area contributed by atoms with E-state index in [0.717, 1.165) is 11.1 Å². The Labute approximate surface area is 248 Å². The molecule has 0 bridgehead atoms. The molecule has 0 spiro atoms. The number of ether oxygens (including phenoxy) is 1. The number of carbonyl (C=O) groups excluding carboxylic acids is 3. The van der Waals surface area contributed by atoms with E-state index in [2.05, 4.69) is 10.6 Å². The molecule has 1 heterocycles. The van der Waals surface area contributed by atoms with Crippen molar-refractivity contribution >= 4 is 23.7 Å². The van der Waals surface area contributed by atoms with E-state index in [0.29, 0.717) is 45.6 Å². The van der Waals surface area contributed by atoms with E-state index in [1.165, 1.54) is 11.9 Å². The molecular formula is C32H44N4O6. The van der Waals surface area contributed by atoms with Gasteiger partial charge in [-0.1, -0.05) is 74.5 Å². The van der Waals surface area contributed by atoms with Gasteiger partial charge in [-0.3, -0.25) is 19.3 Å². The molecule has 1 aliphatic heterocycles. The molecule has 3 atom stereocenters. The van der Waals surface area contributed by atoms with Gasteiger partial charge in [0.25, 0.3) is 0 Å². The van der Waals surface area contributed by atoms with E-state index in [4.69, 9.17) is 4.74 Å². The van der Waals surface area contributed by atoms with Gasteiger partial charge in [-0.2, -0.15) is 0 Å². The van der Waals surface area contributed by atoms with Crippen LogP contribution < -0.4 is 10.6 Å². The summed E-state index contributed by atoms with van der Waals surface area (Å²) >= 11 is 0. The Morgan fingerprint density at radius 2 is 1.50 bits per heavy atom. The summed E-state index contributed by atoms with van der Waals surface area (Å²) in [6.07, 6.45) is 1.35. The Hall–Kier alpha value is -3.76. The highest BCUT2D eigenvalue weighted by Crippen LogP contribution is 2.14. The molecule has 3 amide bonds. The molecule has 0 saturated carbocycles. The maximum absolute atomic E-state index is 13.7. The fourth-order valence-corrected chi connectivity index (χ4v) is 5.02. The van der Waals surface area contributed by atoms with Gasteiger partial charge in [0.2, 0.25) is 17.7 Å². The minimum absolute atomic E-state index is 0.0451. The van der Waals surface area contributed by atoms with Gasteiger partial charge >= 0.3 is 5.97 Å². The number of nitrogens with zero attached hydrogens (tertiary/aromatic N) is 2. The predicted molar refractivity (Wildman–Crippen MR) is 160 cm³/mol. The Balaban J connectivity index is 1.74. The normalized spacial score (nSPS) is 15.8. The number of carbonyl (C=O) groups is 4. The van der Waals surface area contributed by atoms with Gasteiger partial charge in [0, 0.05) is 26.6 Å². The summed E-state index contributed by atoms with van der Waals surface area (Å²) in [6, 6.07) is 15.9. The molecule has 2 aromatic rings. The number of likely N-dealkylation sites (N-methyl/N-ethyl adjacent to an activating group) is 1. The topological polar surface area (TPSA) is 128 Å². The summed E-state index contributed by atoms with van der Waals surface area (Å²) in [4.78, 5) is 55.7. The molecule has 0 unspecified atom stereocenters. The summed E-state index contributed by atoms with van der Waals surface area (Å²) in [5, 5.41) is 15.7. The van der Waals surface area contributed by atoms with Crippen LogP contribution in [-0.4, -0.2) is 96.6 Å². The number of carboxylic acid groups (broad SMARTS) is 1. The number of morpholine rings is 1. The fourth-order valence-electron chi connectivity index (χ4n) is 5.02. The molecular weight excluding hydrogens is 536 g/mol. The highest BCUT2D eigenvalue weighted by molar-refractivity contribution is 5.93. The van der Waals surface area contributed by atoms with Crippen LogP contribution in [-0.2, 0) is 36.8 Å². The van der Waals surface area contributed by atoms with Gasteiger partial charge < -0.3 is 25.4 Å². The van der Waals surface area contributed by atoms with Crippen molar-refractivity contribution in [2.75, 3.05) is 39.9 Å². The summed E-state index contributed by atoms with van der Waals surface area (Å²) in [6.45, 7) is 6.40. The van der Waals surface area contributed by atoms with E-state index in [1.807, 2.05) is 79.4 Å². The largest absolute Gasteiger partial charge is 0.480 e. The monoisotopic (exact) mass is 580 g/mol. The van der Waals surface area contributed by atoms with E-state index in [9.17, 15) is 24.3 Å². The van der Waals surface area contributed by atoms with Crippen LogP contribution in [0.4, 0.5) is 0 Å². The van der Waals surface area contributed by atoms with Gasteiger partial charge in [0.15, 0.2) is 0 Å². The zero-order valence-corrected chi connectivity index (χ0v) is 24.8. The Morgan fingerprint density at radius 1 is 0.905 bits per heavy atom. The minimum Gasteiger partial charge on any atom is -0.480 e. The number of nitrogens with one attached hydrogen (secondary N) is 2. The second kappa shape index (κ2) is 16.6. The molecule has 3 N–H and O–H groups in total. The molecule has 1 fully saturated rings. The van der Waals surface area contributed by atoms with E-state index < -0.39 is 35.9 Å². The number of benzene rings is 2. The smallest absolute Gasteiger partial charge is 0.326 e. The Bertz CT molecular complexity index is 1150. The molecule has 3 rings (SSSR count). The first-order valence-corrected chi connectivity index (χ1v) is 14.6. The average Bonchev–Trinajstić information content (AvgIpc) is 2.98. The third-order valence-electron chi connectivity index (χ3n) is 7.38. The van der Waals surface area contributed by atoms with Crippen molar-refractivity contribution in [1.29, 1.82) is 0 Å². The molecule has 0 aromatic heterocycles. The van der Waals surface area contributed by atoms with Crippen LogP contribution in [0.15, 0.2) is 60.7 Å². The standard InChI is InChI=1S/C32H44N4O6/c1-23(2)20-27(31(39)35(3)28(32(40)41)21-25-12-8-5-9-13-25)34-30(38)26(15-14-24-10-6-4-7-11-24)33-29(37)22-36-16-18-42-19-17-36/h4-13,23,26-28H,14-22H2,1-3H3,(H,33,37)(H,34,38)(H,40,41)/t26-,27-,28-/m0/s1. The Kier molecular flexibility index (Phi) is 13.0. The third-order valence-corrected chi connectivity index (χ3v) is 7.38. The summed E-state index contributed by atoms with van der Waals surface area (Å²) < 4.78 is 5.36. The van der Waals surface area contributed by atoms with E-state index >= 15 is 0 Å². The lowest BCUT2D eigenvalue weighted by atomic mass is 9.99. The van der Waals surface area contributed by atoms with Gasteiger partial charge in [0.1, 0.15) is 18.1 Å². The maximum atomic E-state index is 13.7. The van der Waals surface area contributed by atoms with Crippen LogP contribution in [0.2, 0.25) is 0 Å². The number of carboxylic acids is 1. The van der Waals surface area contributed by atoms with Crippen LogP contribution in [0, 0.1) is 5.92 Å². The fraction of sp³-hybridized carbons (Fsp3) is 0.500. The van der Waals surface area contributed by atoms with Crippen LogP contribution >= 0.6 is 0 Å². The van der Waals surface area contributed by atoms with Crippen molar-refractivity contribution in [2.24, 2.45) is 5.92 Å². The van der Waals surface area contributed by atoms with E-state index in [1.54, 1.807) is 0 Å². The number of rotatable bonds is 15. The quantitative estimate of drug-likeness (QED) is 0.294. The summed E-state index contributed by atoms with van der Waals surface area (Å²) in [7, 11) is 1.46. The van der Waals surface area contributed by atoms with Crippen LogP contribution in [0.25, 0.3) is 0 Å². The highest BCUT2D eigenvalue weighted by atomic mass is 16.5. The number of amides is 3. The summed E-state index contributed by atoms with van der Waals surface area (Å²) in [5.74, 6) is -2.31. The molecule has 0 aliphatic carbocycles. The minimum atomic E-state index is -1.12. The van der Waals surface area contributed by atoms with Gasteiger partial charge in [-0.15, -0.1) is 0 Å². The molecule has 1 saturated heterocycles. The van der Waals surface area contributed by atoms with Crippen LogP contribution in [0.1, 0.15) is 37.8 Å². The lowest BCUT2D eigenvalue weighted by Gasteiger charge is -2.31. The maximum Gasteiger partial charge on any atom is 0.326 e. The van der Waals surface area contributed by atoms with Crippen LogP contribution in [0.3, 0.4) is 0 Å². The van der Waals surface area contributed by atoms with Crippen molar-refractivity contribution < 1.29 is 29.0 Å². The number of aliphatic carboxylic acids is 1. The zero-order valence-electron chi connectivity index (χ0n) is 24.8. The second-order valence-electron chi connectivity index (χ2n) is 11.2. The third kappa shape index (κ3) is 10.6. The zero-order chi connectivity index (χ0) is 30.5.